The van der Waals surface area contributed by atoms with Crippen molar-refractivity contribution in [1.29, 1.82) is 0 Å². The Balaban J connectivity index is 1.40. The smallest absolute Gasteiger partial charge is 0.254 e. The van der Waals surface area contributed by atoms with Gasteiger partial charge in [0.25, 0.3) is 11.8 Å². The number of pyridine rings is 1. The second-order valence-electron chi connectivity index (χ2n) is 8.90. The molecule has 1 atom stereocenters. The minimum atomic E-state index is -0.401. The molecule has 3 heterocycles. The number of benzene rings is 2. The van der Waals surface area contributed by atoms with Gasteiger partial charge in [-0.05, 0) is 85.8 Å². The van der Waals surface area contributed by atoms with Crippen LogP contribution < -0.4 is 5.32 Å². The fraction of sp³-hybridized carbons (Fsp3) is 0.259. The van der Waals surface area contributed by atoms with Crippen molar-refractivity contribution >= 4 is 34.4 Å². The topological polar surface area (TPSA) is 91.0 Å². The van der Waals surface area contributed by atoms with Crippen LogP contribution in [0, 0.1) is 6.92 Å². The monoisotopic (exact) mass is 487 g/mol. The molecule has 2 amide bonds. The Labute approximate surface area is 208 Å². The molecule has 1 fully saturated rings. The molecule has 7 nitrogen and oxygen atoms in total. The highest BCUT2D eigenvalue weighted by molar-refractivity contribution is 6.31. The van der Waals surface area contributed by atoms with Crippen molar-refractivity contribution < 1.29 is 9.59 Å². The minimum absolute atomic E-state index is 0.0310. The molecule has 2 aromatic carbocycles. The molecule has 1 saturated heterocycles. The van der Waals surface area contributed by atoms with Crippen molar-refractivity contribution in [3.05, 3.63) is 94.0 Å². The molecule has 0 aliphatic carbocycles. The van der Waals surface area contributed by atoms with E-state index < -0.39 is 6.04 Å². The molecule has 5 rings (SSSR count). The number of carbonyl (C=O) groups excluding carboxylic acids is 2. The molecule has 0 spiro atoms. The maximum Gasteiger partial charge on any atom is 0.254 e. The summed E-state index contributed by atoms with van der Waals surface area (Å²) in [4.78, 5) is 40.1. The first kappa shape index (κ1) is 23.1. The normalized spacial score (nSPS) is 14.3. The molecule has 0 saturated carbocycles. The third-order valence-corrected chi connectivity index (χ3v) is 6.64. The second-order valence-corrected chi connectivity index (χ2v) is 9.33. The number of likely N-dealkylation sites (tertiary alicyclic amines) is 1. The van der Waals surface area contributed by atoms with Gasteiger partial charge in [-0.2, -0.15) is 0 Å². The lowest BCUT2D eigenvalue weighted by molar-refractivity contribution is 0.0791. The molecular formula is C27H26ClN5O2. The summed E-state index contributed by atoms with van der Waals surface area (Å²) >= 11 is 6.14. The third kappa shape index (κ3) is 5.05. The lowest BCUT2D eigenvalue weighted by Crippen LogP contribution is -2.31. The maximum atomic E-state index is 13.3. The molecule has 4 aromatic rings. The second kappa shape index (κ2) is 9.88. The molecule has 0 bridgehead atoms. The molecule has 2 N–H and O–H groups in total. The largest absolute Gasteiger partial charge is 0.342 e. The van der Waals surface area contributed by atoms with E-state index in [0.29, 0.717) is 28.4 Å². The van der Waals surface area contributed by atoms with E-state index in [9.17, 15) is 9.59 Å². The van der Waals surface area contributed by atoms with Crippen molar-refractivity contribution in [1.82, 2.24) is 25.2 Å². The van der Waals surface area contributed by atoms with E-state index in [1.165, 1.54) is 0 Å². The molecule has 8 heteroatoms. The van der Waals surface area contributed by atoms with Gasteiger partial charge >= 0.3 is 0 Å². The van der Waals surface area contributed by atoms with Gasteiger partial charge in [0.15, 0.2) is 0 Å². The van der Waals surface area contributed by atoms with Crippen LogP contribution in [0.4, 0.5) is 0 Å². The molecule has 0 radical (unpaired) electrons. The number of hydrogen-bond donors (Lipinski definition) is 2. The Kier molecular flexibility index (Phi) is 6.51. The van der Waals surface area contributed by atoms with Crippen LogP contribution in [0.25, 0.3) is 11.0 Å². The fourth-order valence-electron chi connectivity index (χ4n) is 4.51. The molecule has 2 aromatic heterocycles. The molecule has 1 aliphatic heterocycles. The molecule has 178 valence electrons. The fourth-order valence-corrected chi connectivity index (χ4v) is 4.68. The van der Waals surface area contributed by atoms with Crippen LogP contribution in [0.15, 0.2) is 60.9 Å². The van der Waals surface area contributed by atoms with E-state index in [2.05, 4.69) is 15.3 Å². The van der Waals surface area contributed by atoms with Gasteiger partial charge < -0.3 is 15.2 Å². The first-order valence-electron chi connectivity index (χ1n) is 11.7. The van der Waals surface area contributed by atoms with Gasteiger partial charge in [0.1, 0.15) is 5.82 Å². The highest BCUT2D eigenvalue weighted by Gasteiger charge is 2.23. The zero-order valence-electron chi connectivity index (χ0n) is 19.4. The van der Waals surface area contributed by atoms with Gasteiger partial charge in [0, 0.05) is 41.6 Å². The number of carbonyl (C=O) groups is 2. The lowest BCUT2D eigenvalue weighted by atomic mass is 10.0. The zero-order valence-corrected chi connectivity index (χ0v) is 20.2. The highest BCUT2D eigenvalue weighted by Crippen LogP contribution is 2.23. The Morgan fingerprint density at radius 3 is 2.60 bits per heavy atom. The molecule has 35 heavy (non-hydrogen) atoms. The number of hydrogen-bond acceptors (Lipinski definition) is 4. The van der Waals surface area contributed by atoms with Gasteiger partial charge in [-0.1, -0.05) is 11.6 Å². The Bertz CT molecular complexity index is 1380. The van der Waals surface area contributed by atoms with E-state index in [1.54, 1.807) is 42.7 Å². The van der Waals surface area contributed by atoms with Gasteiger partial charge in [-0.25, -0.2) is 4.98 Å². The summed E-state index contributed by atoms with van der Waals surface area (Å²) in [5.74, 6) is 0.444. The number of nitrogens with one attached hydrogen (secondary N) is 2. The first-order valence-corrected chi connectivity index (χ1v) is 12.1. The standard InChI is InChI=1S/C27H26ClN5O2/c1-17-14-19(4-6-21(17)27(35)33-12-2-3-13-33)26(34)32-24(15-18-8-10-29-11-9-18)25-30-22-7-5-20(28)16-23(22)31-25/h4-11,14,16,24H,2-3,12-13,15H2,1H3,(H,30,31)(H,32,34). The average Bonchev–Trinajstić information content (AvgIpc) is 3.54. The summed E-state index contributed by atoms with van der Waals surface area (Å²) in [6, 6.07) is 14.2. The number of H-pyrrole nitrogens is 1. The summed E-state index contributed by atoms with van der Waals surface area (Å²) in [6.07, 6.45) is 6.07. The van der Waals surface area contributed by atoms with Crippen LogP contribution in [-0.4, -0.2) is 44.8 Å². The Morgan fingerprint density at radius 1 is 1.09 bits per heavy atom. The predicted octanol–water partition coefficient (Wildman–Crippen LogP) is 4.87. The molecular weight excluding hydrogens is 462 g/mol. The van der Waals surface area contributed by atoms with Crippen LogP contribution in [0.1, 0.15) is 56.6 Å². The summed E-state index contributed by atoms with van der Waals surface area (Å²) in [5, 5.41) is 3.72. The summed E-state index contributed by atoms with van der Waals surface area (Å²) in [6.45, 7) is 3.46. The van der Waals surface area contributed by atoms with Crippen molar-refractivity contribution in [3.8, 4) is 0 Å². The number of fused-ring (bicyclic) bond motifs is 1. The van der Waals surface area contributed by atoms with Crippen LogP contribution >= 0.6 is 11.6 Å². The number of halogens is 1. The number of aromatic nitrogens is 3. The number of aryl methyl sites for hydroxylation is 1. The highest BCUT2D eigenvalue weighted by atomic mass is 35.5. The number of imidazole rings is 1. The summed E-state index contributed by atoms with van der Waals surface area (Å²) < 4.78 is 0. The zero-order chi connectivity index (χ0) is 24.4. The van der Waals surface area contributed by atoms with Crippen LogP contribution in [0.3, 0.4) is 0 Å². The Morgan fingerprint density at radius 2 is 1.86 bits per heavy atom. The van der Waals surface area contributed by atoms with Crippen molar-refractivity contribution in [2.75, 3.05) is 13.1 Å². The van der Waals surface area contributed by atoms with Gasteiger partial charge in [-0.15, -0.1) is 0 Å². The van der Waals surface area contributed by atoms with Crippen molar-refractivity contribution in [2.45, 2.75) is 32.2 Å². The van der Waals surface area contributed by atoms with Gasteiger partial charge in [-0.3, -0.25) is 14.6 Å². The van der Waals surface area contributed by atoms with E-state index >= 15 is 0 Å². The third-order valence-electron chi connectivity index (χ3n) is 6.40. The van der Waals surface area contributed by atoms with E-state index in [0.717, 1.165) is 48.1 Å². The van der Waals surface area contributed by atoms with Gasteiger partial charge in [0.2, 0.25) is 0 Å². The average molecular weight is 488 g/mol. The van der Waals surface area contributed by atoms with Crippen LogP contribution in [0.5, 0.6) is 0 Å². The minimum Gasteiger partial charge on any atom is -0.342 e. The number of amides is 2. The molecule has 1 unspecified atom stereocenters. The number of rotatable bonds is 6. The van der Waals surface area contributed by atoms with Gasteiger partial charge in [0.05, 0.1) is 17.1 Å². The summed E-state index contributed by atoms with van der Waals surface area (Å²) in [5.41, 5.74) is 4.54. The predicted molar refractivity (Wildman–Crippen MR) is 136 cm³/mol. The number of aromatic amines is 1. The summed E-state index contributed by atoms with van der Waals surface area (Å²) in [7, 11) is 0. The van der Waals surface area contributed by atoms with Crippen molar-refractivity contribution in [3.63, 3.8) is 0 Å². The molecule has 1 aliphatic rings. The van der Waals surface area contributed by atoms with Crippen molar-refractivity contribution in [2.24, 2.45) is 0 Å². The number of nitrogens with zero attached hydrogens (tertiary/aromatic N) is 3. The van der Waals surface area contributed by atoms with Crippen LogP contribution in [-0.2, 0) is 6.42 Å². The Hall–Kier alpha value is -3.71. The van der Waals surface area contributed by atoms with E-state index in [4.69, 9.17) is 16.6 Å². The van der Waals surface area contributed by atoms with E-state index in [-0.39, 0.29) is 11.8 Å². The van der Waals surface area contributed by atoms with E-state index in [1.807, 2.05) is 30.0 Å². The SMILES string of the molecule is Cc1cc(C(=O)NC(Cc2ccncc2)c2nc3cc(Cl)ccc3[nH]2)ccc1C(=O)N1CCCC1. The lowest BCUT2D eigenvalue weighted by Gasteiger charge is -2.19. The maximum absolute atomic E-state index is 13.3. The van der Waals surface area contributed by atoms with Crippen LogP contribution in [0.2, 0.25) is 5.02 Å². The first-order chi connectivity index (χ1) is 17.0. The quantitative estimate of drug-likeness (QED) is 0.406.